The van der Waals surface area contributed by atoms with Gasteiger partial charge >= 0.3 is 12.1 Å². The highest BCUT2D eigenvalue weighted by atomic mass is 32.1. The summed E-state index contributed by atoms with van der Waals surface area (Å²) in [5.74, 6) is -1.59. The van der Waals surface area contributed by atoms with Crippen LogP contribution in [0.4, 0.5) is 18.9 Å². The number of hydrogen-bond donors (Lipinski definition) is 2. The number of ether oxygens (including phenoxy) is 1. The SMILES string of the molecule is COC(=O)CNC(=O)c1cccc(NC(=O)c2sc(-c3ccc(C(F)(F)F)cc3)nc2C)c1. The van der Waals surface area contributed by atoms with Crippen LogP contribution in [0.5, 0.6) is 0 Å². The predicted octanol–water partition coefficient (Wildman–Crippen LogP) is 4.29. The summed E-state index contributed by atoms with van der Waals surface area (Å²) in [7, 11) is 1.20. The van der Waals surface area contributed by atoms with Crippen LogP contribution in [0, 0.1) is 6.92 Å². The monoisotopic (exact) mass is 477 g/mol. The molecular weight excluding hydrogens is 459 g/mol. The van der Waals surface area contributed by atoms with Crippen molar-refractivity contribution in [1.29, 1.82) is 0 Å². The van der Waals surface area contributed by atoms with Crippen LogP contribution in [0.2, 0.25) is 0 Å². The van der Waals surface area contributed by atoms with E-state index >= 15 is 0 Å². The Labute approximate surface area is 190 Å². The van der Waals surface area contributed by atoms with E-state index in [0.29, 0.717) is 22.0 Å². The Balaban J connectivity index is 1.73. The second-order valence-corrected chi connectivity index (χ2v) is 7.80. The van der Waals surface area contributed by atoms with Gasteiger partial charge in [0, 0.05) is 16.8 Å². The van der Waals surface area contributed by atoms with Crippen molar-refractivity contribution in [2.24, 2.45) is 0 Å². The van der Waals surface area contributed by atoms with Gasteiger partial charge in [-0.05, 0) is 37.3 Å². The number of amides is 2. The van der Waals surface area contributed by atoms with E-state index in [2.05, 4.69) is 20.4 Å². The molecule has 2 amide bonds. The van der Waals surface area contributed by atoms with Gasteiger partial charge in [-0.3, -0.25) is 14.4 Å². The maximum Gasteiger partial charge on any atom is 0.416 e. The highest BCUT2D eigenvalue weighted by Crippen LogP contribution is 2.33. The van der Waals surface area contributed by atoms with Gasteiger partial charge < -0.3 is 15.4 Å². The van der Waals surface area contributed by atoms with Crippen molar-refractivity contribution >= 4 is 34.8 Å². The van der Waals surface area contributed by atoms with E-state index in [4.69, 9.17) is 0 Å². The van der Waals surface area contributed by atoms with Crippen LogP contribution in [0.1, 0.15) is 31.3 Å². The number of methoxy groups -OCH3 is 1. The second kappa shape index (κ2) is 9.82. The van der Waals surface area contributed by atoms with Gasteiger partial charge in [0.25, 0.3) is 11.8 Å². The molecule has 0 saturated carbocycles. The number of benzene rings is 2. The fourth-order valence-corrected chi connectivity index (χ4v) is 3.75. The Morgan fingerprint density at radius 2 is 1.76 bits per heavy atom. The summed E-state index contributed by atoms with van der Waals surface area (Å²) in [5.41, 5.74) is 0.671. The molecule has 0 unspecified atom stereocenters. The Hall–Kier alpha value is -3.73. The standard InChI is InChI=1S/C22H18F3N3O4S/c1-12-18(33-21(27-12)13-6-8-15(9-7-13)22(23,24)25)20(31)28-16-5-3-4-14(10-16)19(30)26-11-17(29)32-2/h3-10H,11H2,1-2H3,(H,26,30)(H,28,31). The Morgan fingerprint density at radius 3 is 2.39 bits per heavy atom. The number of alkyl halides is 3. The first-order valence-corrected chi connectivity index (χ1v) is 10.3. The molecule has 0 saturated heterocycles. The first-order valence-electron chi connectivity index (χ1n) is 9.50. The van der Waals surface area contributed by atoms with Gasteiger partial charge in [-0.25, -0.2) is 4.98 Å². The molecule has 0 aliphatic carbocycles. The summed E-state index contributed by atoms with van der Waals surface area (Å²) in [5, 5.41) is 5.48. The van der Waals surface area contributed by atoms with E-state index in [0.717, 1.165) is 23.5 Å². The lowest BCUT2D eigenvalue weighted by Gasteiger charge is -2.07. The molecule has 172 valence electrons. The highest BCUT2D eigenvalue weighted by molar-refractivity contribution is 7.17. The van der Waals surface area contributed by atoms with Crippen LogP contribution >= 0.6 is 11.3 Å². The fraction of sp³-hybridized carbons (Fsp3) is 0.182. The minimum atomic E-state index is -4.44. The second-order valence-electron chi connectivity index (χ2n) is 6.80. The van der Waals surface area contributed by atoms with Crippen molar-refractivity contribution in [2.45, 2.75) is 13.1 Å². The lowest BCUT2D eigenvalue weighted by atomic mass is 10.1. The van der Waals surface area contributed by atoms with Gasteiger partial charge in [0.2, 0.25) is 0 Å². The Kier molecular flexibility index (Phi) is 7.12. The average molecular weight is 477 g/mol. The topological polar surface area (TPSA) is 97.4 Å². The largest absolute Gasteiger partial charge is 0.468 e. The maximum atomic E-state index is 12.8. The number of esters is 1. The lowest BCUT2D eigenvalue weighted by Crippen LogP contribution is -2.30. The number of nitrogens with zero attached hydrogens (tertiary/aromatic N) is 1. The van der Waals surface area contributed by atoms with Gasteiger partial charge in [0.1, 0.15) is 16.4 Å². The number of halogens is 3. The Bertz CT molecular complexity index is 1190. The fourth-order valence-electron chi connectivity index (χ4n) is 2.79. The zero-order chi connectivity index (χ0) is 24.2. The summed E-state index contributed by atoms with van der Waals surface area (Å²) < 4.78 is 42.8. The third-order valence-electron chi connectivity index (χ3n) is 4.47. The van der Waals surface area contributed by atoms with E-state index < -0.39 is 29.5 Å². The first-order chi connectivity index (χ1) is 15.6. The number of anilines is 1. The zero-order valence-corrected chi connectivity index (χ0v) is 18.3. The summed E-state index contributed by atoms with van der Waals surface area (Å²) in [4.78, 5) is 40.7. The van der Waals surface area contributed by atoms with Crippen molar-refractivity contribution in [1.82, 2.24) is 10.3 Å². The molecule has 0 spiro atoms. The number of carbonyl (C=O) groups excluding carboxylic acids is 3. The number of rotatable bonds is 6. The van der Waals surface area contributed by atoms with Crippen molar-refractivity contribution < 1.29 is 32.3 Å². The van der Waals surface area contributed by atoms with Crippen molar-refractivity contribution in [3.8, 4) is 10.6 Å². The van der Waals surface area contributed by atoms with E-state index in [1.54, 1.807) is 19.1 Å². The molecule has 0 fully saturated rings. The molecule has 11 heteroatoms. The summed E-state index contributed by atoms with van der Waals surface area (Å²) in [6.45, 7) is 1.33. The van der Waals surface area contributed by atoms with E-state index in [1.165, 1.54) is 31.4 Å². The quantitative estimate of drug-likeness (QED) is 0.516. The smallest absolute Gasteiger partial charge is 0.416 e. The van der Waals surface area contributed by atoms with E-state index in [1.807, 2.05) is 0 Å². The minimum Gasteiger partial charge on any atom is -0.468 e. The van der Waals surface area contributed by atoms with Crippen molar-refractivity contribution in [3.05, 3.63) is 70.2 Å². The maximum absolute atomic E-state index is 12.8. The molecule has 0 atom stereocenters. The van der Waals surface area contributed by atoms with Crippen LogP contribution in [-0.2, 0) is 15.7 Å². The third-order valence-corrected chi connectivity index (χ3v) is 5.67. The molecule has 33 heavy (non-hydrogen) atoms. The molecule has 3 rings (SSSR count). The number of hydrogen-bond acceptors (Lipinski definition) is 6. The molecule has 3 aromatic rings. The van der Waals surface area contributed by atoms with Crippen molar-refractivity contribution in [3.63, 3.8) is 0 Å². The number of carbonyl (C=O) groups is 3. The van der Waals surface area contributed by atoms with Crippen LogP contribution < -0.4 is 10.6 Å². The predicted molar refractivity (Wildman–Crippen MR) is 116 cm³/mol. The van der Waals surface area contributed by atoms with Gasteiger partial charge in [-0.1, -0.05) is 18.2 Å². The Morgan fingerprint density at radius 1 is 1.06 bits per heavy atom. The normalized spacial score (nSPS) is 11.1. The van der Waals surface area contributed by atoms with Crippen LogP contribution in [0.15, 0.2) is 48.5 Å². The lowest BCUT2D eigenvalue weighted by molar-refractivity contribution is -0.139. The molecule has 2 N–H and O–H groups in total. The number of nitrogens with one attached hydrogen (secondary N) is 2. The summed E-state index contributed by atoms with van der Waals surface area (Å²) in [6.07, 6.45) is -4.44. The summed E-state index contributed by atoms with van der Waals surface area (Å²) in [6, 6.07) is 10.6. The van der Waals surface area contributed by atoms with Gasteiger partial charge in [0.15, 0.2) is 0 Å². The molecule has 0 radical (unpaired) electrons. The van der Waals surface area contributed by atoms with Crippen LogP contribution in [-0.4, -0.2) is 36.4 Å². The zero-order valence-electron chi connectivity index (χ0n) is 17.4. The molecule has 0 aliphatic heterocycles. The highest BCUT2D eigenvalue weighted by Gasteiger charge is 2.30. The van der Waals surface area contributed by atoms with E-state index in [9.17, 15) is 27.6 Å². The molecule has 1 heterocycles. The van der Waals surface area contributed by atoms with Gasteiger partial charge in [0.05, 0.1) is 18.4 Å². The number of thiazole rings is 1. The van der Waals surface area contributed by atoms with Crippen LogP contribution in [0.25, 0.3) is 10.6 Å². The molecule has 0 aliphatic rings. The first kappa shape index (κ1) is 23.9. The van der Waals surface area contributed by atoms with E-state index in [-0.39, 0.29) is 17.0 Å². The third kappa shape index (κ3) is 5.95. The molecule has 1 aromatic heterocycles. The van der Waals surface area contributed by atoms with Crippen molar-refractivity contribution in [2.75, 3.05) is 19.0 Å². The van der Waals surface area contributed by atoms with Gasteiger partial charge in [-0.15, -0.1) is 11.3 Å². The number of aryl methyl sites for hydroxylation is 1. The minimum absolute atomic E-state index is 0.225. The van der Waals surface area contributed by atoms with Crippen LogP contribution in [0.3, 0.4) is 0 Å². The van der Waals surface area contributed by atoms with Gasteiger partial charge in [-0.2, -0.15) is 13.2 Å². The molecular formula is C22H18F3N3O4S. The summed E-state index contributed by atoms with van der Waals surface area (Å²) >= 11 is 1.04. The molecule has 0 bridgehead atoms. The molecule has 2 aromatic carbocycles. The molecule has 7 nitrogen and oxygen atoms in total. The number of aromatic nitrogens is 1. The average Bonchev–Trinajstić information content (AvgIpc) is 3.18.